The van der Waals surface area contributed by atoms with Gasteiger partial charge in [-0.05, 0) is 6.92 Å². The maximum absolute atomic E-state index is 5.24. The summed E-state index contributed by atoms with van der Waals surface area (Å²) in [6.45, 7) is 5.37. The summed E-state index contributed by atoms with van der Waals surface area (Å²) in [5.74, 6) is 0. The second-order valence-corrected chi connectivity index (χ2v) is 3.27. The lowest BCUT2D eigenvalue weighted by Crippen LogP contribution is -2.43. The van der Waals surface area contributed by atoms with Crippen LogP contribution in [-0.2, 0) is 9.47 Å². The van der Waals surface area contributed by atoms with Crippen LogP contribution in [-0.4, -0.2) is 52.2 Å². The molecule has 0 saturated heterocycles. The molecule has 0 aromatic heterocycles. The average molecular weight is 162 g/mol. The zero-order chi connectivity index (χ0) is 8.74. The summed E-state index contributed by atoms with van der Waals surface area (Å²) in [5, 5.41) is 0. The van der Waals surface area contributed by atoms with E-state index >= 15 is 0 Å². The van der Waals surface area contributed by atoms with Crippen LogP contribution < -0.4 is 0 Å². The highest BCUT2D eigenvalue weighted by Gasteiger charge is 2.12. The van der Waals surface area contributed by atoms with Gasteiger partial charge in [-0.2, -0.15) is 0 Å². The fraction of sp³-hybridized carbons (Fsp3) is 1.00. The first-order valence-electron chi connectivity index (χ1n) is 4.01. The van der Waals surface area contributed by atoms with E-state index < -0.39 is 0 Å². The minimum atomic E-state index is 0.743. The lowest BCUT2D eigenvalue weighted by molar-refractivity contribution is -0.909. The van der Waals surface area contributed by atoms with Gasteiger partial charge >= 0.3 is 0 Å². The van der Waals surface area contributed by atoms with Crippen molar-refractivity contribution < 1.29 is 14.0 Å². The molecule has 0 heterocycles. The van der Waals surface area contributed by atoms with Gasteiger partial charge in [-0.25, -0.2) is 0 Å². The molecule has 11 heavy (non-hydrogen) atoms. The Morgan fingerprint density at radius 3 is 2.36 bits per heavy atom. The van der Waals surface area contributed by atoms with Crippen molar-refractivity contribution in [3.8, 4) is 0 Å². The molecule has 0 unspecified atom stereocenters. The maximum Gasteiger partial charge on any atom is 0.182 e. The maximum atomic E-state index is 5.24. The molecule has 0 amide bonds. The topological polar surface area (TPSA) is 18.5 Å². The molecule has 0 rings (SSSR count). The standard InChI is InChI=1S/C8H20NO2/c1-5-11-7-6-9(2,3)8-10-4/h5-8H2,1-4H3/q+1. The number of likely N-dealkylation sites (N-methyl/N-ethyl adjacent to an activating group) is 1. The van der Waals surface area contributed by atoms with Crippen molar-refractivity contribution in [3.05, 3.63) is 0 Å². The highest BCUT2D eigenvalue weighted by atomic mass is 16.5. The molecule has 0 bridgehead atoms. The van der Waals surface area contributed by atoms with Crippen molar-refractivity contribution >= 4 is 0 Å². The van der Waals surface area contributed by atoms with Gasteiger partial charge in [0.2, 0.25) is 0 Å². The summed E-state index contributed by atoms with van der Waals surface area (Å²) in [6.07, 6.45) is 0. The smallest absolute Gasteiger partial charge is 0.182 e. The summed E-state index contributed by atoms with van der Waals surface area (Å²) in [7, 11) is 5.98. The second kappa shape index (κ2) is 5.52. The first kappa shape index (κ1) is 10.9. The molecule has 0 fully saturated rings. The number of rotatable bonds is 6. The molecule has 3 heteroatoms. The molecule has 0 radical (unpaired) electrons. The zero-order valence-electron chi connectivity index (χ0n) is 8.09. The van der Waals surface area contributed by atoms with Crippen LogP contribution in [0.3, 0.4) is 0 Å². The van der Waals surface area contributed by atoms with E-state index in [0.717, 1.165) is 31.0 Å². The van der Waals surface area contributed by atoms with Crippen LogP contribution in [0.15, 0.2) is 0 Å². The summed E-state index contributed by atoms with van der Waals surface area (Å²) < 4.78 is 11.2. The molecular formula is C8H20NO2+. The number of quaternary nitrogens is 1. The van der Waals surface area contributed by atoms with Gasteiger partial charge in [-0.3, -0.25) is 0 Å². The molecule has 3 nitrogen and oxygen atoms in total. The lowest BCUT2D eigenvalue weighted by Gasteiger charge is -2.28. The summed E-state index contributed by atoms with van der Waals surface area (Å²) in [4.78, 5) is 0. The van der Waals surface area contributed by atoms with Gasteiger partial charge in [0.05, 0.1) is 20.7 Å². The third-order valence-corrected chi connectivity index (χ3v) is 1.52. The van der Waals surface area contributed by atoms with E-state index in [1.165, 1.54) is 0 Å². The lowest BCUT2D eigenvalue weighted by atomic mass is 10.5. The fourth-order valence-corrected chi connectivity index (χ4v) is 0.870. The van der Waals surface area contributed by atoms with Crippen LogP contribution in [0.2, 0.25) is 0 Å². The van der Waals surface area contributed by atoms with Crippen LogP contribution in [0.5, 0.6) is 0 Å². The Morgan fingerprint density at radius 1 is 1.27 bits per heavy atom. The Bertz CT molecular complexity index is 94.1. The predicted octanol–water partition coefficient (Wildman–Crippen LogP) is 0.703. The zero-order valence-corrected chi connectivity index (χ0v) is 8.09. The van der Waals surface area contributed by atoms with Gasteiger partial charge in [-0.15, -0.1) is 0 Å². The van der Waals surface area contributed by atoms with Gasteiger partial charge < -0.3 is 14.0 Å². The third-order valence-electron chi connectivity index (χ3n) is 1.52. The number of nitrogens with zero attached hydrogens (tertiary/aromatic N) is 1. The quantitative estimate of drug-likeness (QED) is 0.325. The van der Waals surface area contributed by atoms with E-state index in [-0.39, 0.29) is 0 Å². The van der Waals surface area contributed by atoms with Crippen molar-refractivity contribution in [2.45, 2.75) is 6.92 Å². The predicted molar refractivity (Wildman–Crippen MR) is 45.3 cm³/mol. The minimum absolute atomic E-state index is 0.743. The largest absolute Gasteiger partial charge is 0.376 e. The van der Waals surface area contributed by atoms with Crippen molar-refractivity contribution in [2.24, 2.45) is 0 Å². The van der Waals surface area contributed by atoms with Crippen LogP contribution in [0.25, 0.3) is 0 Å². The molecular weight excluding hydrogens is 142 g/mol. The van der Waals surface area contributed by atoms with E-state index in [0.29, 0.717) is 0 Å². The number of hydrogen-bond acceptors (Lipinski definition) is 2. The first-order chi connectivity index (χ1) is 5.12. The average Bonchev–Trinajstić information content (AvgIpc) is 1.87. The van der Waals surface area contributed by atoms with Gasteiger partial charge in [0.15, 0.2) is 6.73 Å². The van der Waals surface area contributed by atoms with Crippen LogP contribution >= 0.6 is 0 Å². The summed E-state index contributed by atoms with van der Waals surface area (Å²) >= 11 is 0. The van der Waals surface area contributed by atoms with Crippen LogP contribution in [0.4, 0.5) is 0 Å². The molecule has 0 atom stereocenters. The van der Waals surface area contributed by atoms with E-state index in [9.17, 15) is 0 Å². The number of ether oxygens (including phenoxy) is 2. The van der Waals surface area contributed by atoms with E-state index in [1.807, 2.05) is 6.92 Å². The van der Waals surface area contributed by atoms with E-state index in [1.54, 1.807) is 7.11 Å². The van der Waals surface area contributed by atoms with Gasteiger partial charge in [0.1, 0.15) is 6.54 Å². The molecule has 0 saturated carbocycles. The van der Waals surface area contributed by atoms with E-state index in [4.69, 9.17) is 9.47 Å². The molecule has 0 aliphatic carbocycles. The van der Waals surface area contributed by atoms with Gasteiger partial charge in [-0.1, -0.05) is 0 Å². The Labute approximate surface area is 69.5 Å². The fourth-order valence-electron chi connectivity index (χ4n) is 0.870. The Hall–Kier alpha value is -0.120. The number of methoxy groups -OCH3 is 1. The third kappa shape index (κ3) is 6.28. The Balaban J connectivity index is 3.38. The molecule has 0 aromatic rings. The molecule has 0 spiro atoms. The number of hydrogen-bond donors (Lipinski definition) is 0. The van der Waals surface area contributed by atoms with E-state index in [2.05, 4.69) is 14.1 Å². The highest BCUT2D eigenvalue weighted by Crippen LogP contribution is 1.95. The monoisotopic (exact) mass is 162 g/mol. The van der Waals surface area contributed by atoms with Crippen LogP contribution in [0, 0.1) is 0 Å². The van der Waals surface area contributed by atoms with Crippen LogP contribution in [0.1, 0.15) is 6.92 Å². The minimum Gasteiger partial charge on any atom is -0.376 e. The summed E-state index contributed by atoms with van der Waals surface area (Å²) in [6, 6.07) is 0. The van der Waals surface area contributed by atoms with Gasteiger partial charge in [0.25, 0.3) is 0 Å². The molecule has 0 aromatic carbocycles. The van der Waals surface area contributed by atoms with Gasteiger partial charge in [0, 0.05) is 13.7 Å². The van der Waals surface area contributed by atoms with Crippen molar-refractivity contribution in [1.82, 2.24) is 0 Å². The Kier molecular flexibility index (Phi) is 5.46. The van der Waals surface area contributed by atoms with Crippen molar-refractivity contribution in [2.75, 3.05) is 47.7 Å². The second-order valence-electron chi connectivity index (χ2n) is 3.27. The highest BCUT2D eigenvalue weighted by molar-refractivity contribution is 4.27. The van der Waals surface area contributed by atoms with Crippen molar-refractivity contribution in [1.29, 1.82) is 0 Å². The first-order valence-corrected chi connectivity index (χ1v) is 4.01. The van der Waals surface area contributed by atoms with Crippen molar-refractivity contribution in [3.63, 3.8) is 0 Å². The Morgan fingerprint density at radius 2 is 1.91 bits per heavy atom. The SMILES string of the molecule is CCOCC[N+](C)(C)COC. The molecule has 68 valence electrons. The normalized spacial score (nSPS) is 12.0. The molecule has 0 aliphatic rings. The molecule has 0 N–H and O–H groups in total. The summed E-state index contributed by atoms with van der Waals surface area (Å²) in [5.41, 5.74) is 0. The molecule has 0 aliphatic heterocycles.